The molecule has 2 aromatic carbocycles. The van der Waals surface area contributed by atoms with Crippen LogP contribution in [0, 0.1) is 13.8 Å². The smallest absolute Gasteiger partial charge is 0.203 e. The van der Waals surface area contributed by atoms with E-state index in [1.54, 1.807) is 0 Å². The van der Waals surface area contributed by atoms with Crippen LogP contribution in [-0.4, -0.2) is 4.98 Å². The van der Waals surface area contributed by atoms with E-state index in [4.69, 9.17) is 0 Å². The highest BCUT2D eigenvalue weighted by Crippen LogP contribution is 2.27. The van der Waals surface area contributed by atoms with Gasteiger partial charge in [0.25, 0.3) is 0 Å². The first-order chi connectivity index (χ1) is 9.58. The maximum absolute atomic E-state index is 12.4. The van der Waals surface area contributed by atoms with Crippen LogP contribution in [0.1, 0.15) is 11.1 Å². The lowest BCUT2D eigenvalue weighted by Gasteiger charge is -2.11. The second-order valence-electron chi connectivity index (χ2n) is 5.04. The molecule has 0 radical (unpaired) electrons. The predicted molar refractivity (Wildman–Crippen MR) is 86.7 cm³/mol. The Labute approximate surface area is 122 Å². The lowest BCUT2D eigenvalue weighted by molar-refractivity contribution is 1.25. The van der Waals surface area contributed by atoms with Crippen LogP contribution >= 0.6 is 12.6 Å². The van der Waals surface area contributed by atoms with Crippen molar-refractivity contribution in [2.45, 2.75) is 18.7 Å². The van der Waals surface area contributed by atoms with Gasteiger partial charge < -0.3 is 4.98 Å². The quantitative estimate of drug-likeness (QED) is 0.647. The maximum atomic E-state index is 12.4. The van der Waals surface area contributed by atoms with Gasteiger partial charge in [-0.25, -0.2) is 0 Å². The van der Waals surface area contributed by atoms with Crippen LogP contribution < -0.4 is 5.43 Å². The number of para-hydroxylation sites is 1. The zero-order chi connectivity index (χ0) is 14.3. The topological polar surface area (TPSA) is 32.9 Å². The van der Waals surface area contributed by atoms with Crippen molar-refractivity contribution in [1.29, 1.82) is 0 Å². The number of thiol groups is 1. The first-order valence-corrected chi connectivity index (χ1v) is 6.94. The zero-order valence-corrected chi connectivity index (χ0v) is 12.3. The van der Waals surface area contributed by atoms with Crippen LogP contribution in [0.4, 0.5) is 0 Å². The average Bonchev–Trinajstić information content (AvgIpc) is 2.43. The molecular weight excluding hydrogens is 266 g/mol. The van der Waals surface area contributed by atoms with Crippen molar-refractivity contribution < 1.29 is 0 Å². The molecule has 0 unspecified atom stereocenters. The molecule has 0 aliphatic carbocycles. The van der Waals surface area contributed by atoms with Gasteiger partial charge in [-0.1, -0.05) is 35.9 Å². The third-order valence-corrected chi connectivity index (χ3v) is 3.96. The van der Waals surface area contributed by atoms with Crippen molar-refractivity contribution in [1.82, 2.24) is 4.98 Å². The van der Waals surface area contributed by atoms with Crippen LogP contribution in [0.2, 0.25) is 0 Å². The van der Waals surface area contributed by atoms with Crippen molar-refractivity contribution in [2.75, 3.05) is 0 Å². The summed E-state index contributed by atoms with van der Waals surface area (Å²) in [5.41, 5.74) is 4.95. The summed E-state index contributed by atoms with van der Waals surface area (Å²) in [7, 11) is 0. The molecule has 1 heterocycles. The number of hydrogen-bond acceptors (Lipinski definition) is 2. The van der Waals surface area contributed by atoms with E-state index in [1.807, 2.05) is 43.3 Å². The normalized spacial score (nSPS) is 10.9. The summed E-state index contributed by atoms with van der Waals surface area (Å²) < 4.78 is 0. The van der Waals surface area contributed by atoms with Gasteiger partial charge in [0.05, 0.1) is 10.6 Å². The monoisotopic (exact) mass is 281 g/mol. The Morgan fingerprint density at radius 1 is 1.05 bits per heavy atom. The molecule has 3 heteroatoms. The van der Waals surface area contributed by atoms with Crippen LogP contribution in [0.3, 0.4) is 0 Å². The fourth-order valence-electron chi connectivity index (χ4n) is 2.51. The highest BCUT2D eigenvalue weighted by atomic mass is 32.1. The van der Waals surface area contributed by atoms with Gasteiger partial charge in [-0.2, -0.15) is 0 Å². The second-order valence-corrected chi connectivity index (χ2v) is 5.49. The van der Waals surface area contributed by atoms with E-state index in [2.05, 4.69) is 30.6 Å². The van der Waals surface area contributed by atoms with Crippen LogP contribution in [0.5, 0.6) is 0 Å². The van der Waals surface area contributed by atoms with Gasteiger partial charge in [-0.15, -0.1) is 12.6 Å². The minimum atomic E-state index is -0.0299. The molecule has 0 saturated carbocycles. The summed E-state index contributed by atoms with van der Waals surface area (Å²) in [5, 5.41) is 0.672. The fraction of sp³-hybridized carbons (Fsp3) is 0.118. The number of aryl methyl sites for hydroxylation is 2. The molecule has 0 amide bonds. The Morgan fingerprint density at radius 2 is 1.80 bits per heavy atom. The summed E-state index contributed by atoms with van der Waals surface area (Å²) >= 11 is 4.43. The first-order valence-electron chi connectivity index (χ1n) is 6.49. The largest absolute Gasteiger partial charge is 0.353 e. The lowest BCUT2D eigenvalue weighted by atomic mass is 10.0. The second kappa shape index (κ2) is 4.84. The van der Waals surface area contributed by atoms with Gasteiger partial charge in [0.1, 0.15) is 0 Å². The summed E-state index contributed by atoms with van der Waals surface area (Å²) in [6.07, 6.45) is 0. The van der Waals surface area contributed by atoms with Gasteiger partial charge >= 0.3 is 0 Å². The standard InChI is InChI=1S/C17H15NOS/c1-10-7-8-12(11(2)9-10)15-17(20)16(19)13-5-3-4-6-14(13)18-15/h3-9,20H,1-2H3,(H,18,19). The summed E-state index contributed by atoms with van der Waals surface area (Å²) in [6.45, 7) is 4.10. The Morgan fingerprint density at radius 3 is 2.55 bits per heavy atom. The van der Waals surface area contributed by atoms with Crippen molar-refractivity contribution in [3.8, 4) is 11.3 Å². The fourth-order valence-corrected chi connectivity index (χ4v) is 2.81. The number of aromatic amines is 1. The Kier molecular flexibility index (Phi) is 3.14. The van der Waals surface area contributed by atoms with E-state index in [0.717, 1.165) is 22.3 Å². The van der Waals surface area contributed by atoms with Crippen LogP contribution in [0.15, 0.2) is 52.2 Å². The van der Waals surface area contributed by atoms with Crippen molar-refractivity contribution >= 4 is 23.5 Å². The molecule has 20 heavy (non-hydrogen) atoms. The van der Waals surface area contributed by atoms with E-state index in [1.165, 1.54) is 5.56 Å². The van der Waals surface area contributed by atoms with Crippen molar-refractivity contribution in [3.05, 3.63) is 63.8 Å². The molecule has 0 spiro atoms. The Balaban J connectivity index is 2.37. The Hall–Kier alpha value is -2.00. The molecule has 100 valence electrons. The van der Waals surface area contributed by atoms with Crippen molar-refractivity contribution in [3.63, 3.8) is 0 Å². The van der Waals surface area contributed by atoms with E-state index < -0.39 is 0 Å². The van der Waals surface area contributed by atoms with Gasteiger partial charge in [0.15, 0.2) is 0 Å². The van der Waals surface area contributed by atoms with Gasteiger partial charge in [-0.3, -0.25) is 4.79 Å². The first kappa shape index (κ1) is 13.0. The molecule has 0 atom stereocenters. The summed E-state index contributed by atoms with van der Waals surface area (Å²) in [5.74, 6) is 0. The van der Waals surface area contributed by atoms with E-state index in [-0.39, 0.29) is 5.43 Å². The number of H-pyrrole nitrogens is 1. The molecule has 3 aromatic rings. The third kappa shape index (κ3) is 2.04. The van der Waals surface area contributed by atoms with Crippen LogP contribution in [0.25, 0.3) is 22.2 Å². The highest BCUT2D eigenvalue weighted by Gasteiger charge is 2.12. The lowest BCUT2D eigenvalue weighted by Crippen LogP contribution is -2.07. The molecule has 3 rings (SSSR count). The molecule has 1 aromatic heterocycles. The number of benzene rings is 2. The molecule has 0 saturated heterocycles. The zero-order valence-electron chi connectivity index (χ0n) is 11.4. The van der Waals surface area contributed by atoms with E-state index in [9.17, 15) is 4.79 Å². The minimum Gasteiger partial charge on any atom is -0.353 e. The number of fused-ring (bicyclic) bond motifs is 1. The number of hydrogen-bond donors (Lipinski definition) is 2. The Bertz CT molecular complexity index is 864. The van der Waals surface area contributed by atoms with Gasteiger partial charge in [0, 0.05) is 16.5 Å². The summed E-state index contributed by atoms with van der Waals surface area (Å²) in [6, 6.07) is 13.7. The number of aromatic nitrogens is 1. The van der Waals surface area contributed by atoms with Gasteiger partial charge in [0.2, 0.25) is 5.43 Å². The molecule has 1 N–H and O–H groups in total. The molecule has 0 bridgehead atoms. The number of nitrogens with one attached hydrogen (secondary N) is 1. The molecule has 0 aliphatic rings. The predicted octanol–water partition coefficient (Wildman–Crippen LogP) is 4.10. The number of pyridine rings is 1. The molecular formula is C17H15NOS. The maximum Gasteiger partial charge on any atom is 0.203 e. The van der Waals surface area contributed by atoms with Crippen LogP contribution in [-0.2, 0) is 0 Å². The third-order valence-electron chi connectivity index (χ3n) is 3.53. The summed E-state index contributed by atoms with van der Waals surface area (Å²) in [4.78, 5) is 16.2. The minimum absolute atomic E-state index is 0.0299. The SMILES string of the molecule is Cc1ccc(-c2[nH]c3ccccc3c(=O)c2S)c(C)c1. The van der Waals surface area contributed by atoms with E-state index in [0.29, 0.717) is 10.3 Å². The highest BCUT2D eigenvalue weighted by molar-refractivity contribution is 7.80. The molecule has 0 fully saturated rings. The molecule has 0 aliphatic heterocycles. The number of rotatable bonds is 1. The van der Waals surface area contributed by atoms with Gasteiger partial charge in [-0.05, 0) is 31.5 Å². The van der Waals surface area contributed by atoms with E-state index >= 15 is 0 Å². The molecule has 2 nitrogen and oxygen atoms in total. The van der Waals surface area contributed by atoms with Crippen molar-refractivity contribution in [2.24, 2.45) is 0 Å². The average molecular weight is 281 g/mol.